The lowest BCUT2D eigenvalue weighted by Gasteiger charge is -2.04. The molecule has 5 heteroatoms. The number of ether oxygens (including phenoxy) is 1. The van der Waals surface area contributed by atoms with Crippen molar-refractivity contribution in [1.29, 1.82) is 0 Å². The van der Waals surface area contributed by atoms with Crippen molar-refractivity contribution in [3.05, 3.63) is 33.8 Å². The van der Waals surface area contributed by atoms with Gasteiger partial charge >= 0.3 is 5.97 Å². The average molecular weight is 339 g/mol. The second kappa shape index (κ2) is 7.85. The van der Waals surface area contributed by atoms with Crippen LogP contribution in [0.3, 0.4) is 0 Å². The van der Waals surface area contributed by atoms with Crippen LogP contribution in [0.5, 0.6) is 0 Å². The maximum atomic E-state index is 11.8. The predicted molar refractivity (Wildman–Crippen MR) is 86.0 cm³/mol. The Kier molecular flexibility index (Phi) is 6.45. The van der Waals surface area contributed by atoms with Crippen LogP contribution in [-0.2, 0) is 9.53 Å². The molecular formula is C15H19BrN2O2. The van der Waals surface area contributed by atoms with E-state index in [9.17, 15) is 4.79 Å². The molecule has 1 aliphatic rings. The summed E-state index contributed by atoms with van der Waals surface area (Å²) in [6.45, 7) is 6.12. The van der Waals surface area contributed by atoms with Gasteiger partial charge in [0.15, 0.2) is 0 Å². The van der Waals surface area contributed by atoms with Gasteiger partial charge in [0.1, 0.15) is 5.84 Å². The number of halogens is 1. The van der Waals surface area contributed by atoms with Crippen LogP contribution in [-0.4, -0.2) is 18.4 Å². The molecule has 0 radical (unpaired) electrons. The zero-order valence-corrected chi connectivity index (χ0v) is 13.5. The summed E-state index contributed by atoms with van der Waals surface area (Å²) < 4.78 is 5.92. The van der Waals surface area contributed by atoms with E-state index in [0.29, 0.717) is 24.4 Å². The Bertz CT molecular complexity index is 551. The minimum absolute atomic E-state index is 0.311. The van der Waals surface area contributed by atoms with Gasteiger partial charge in [-0.3, -0.25) is 0 Å². The maximum absolute atomic E-state index is 11.8. The predicted octanol–water partition coefficient (Wildman–Crippen LogP) is 3.81. The molecule has 1 aromatic rings. The molecule has 0 saturated carbocycles. The molecule has 0 saturated heterocycles. The van der Waals surface area contributed by atoms with Crippen molar-refractivity contribution in [2.75, 3.05) is 6.61 Å². The van der Waals surface area contributed by atoms with E-state index in [0.717, 1.165) is 15.7 Å². The number of hydrogen-bond acceptors (Lipinski definition) is 4. The largest absolute Gasteiger partial charge is 0.463 e. The normalized spacial score (nSPS) is 13.0. The molecule has 0 spiro atoms. The van der Waals surface area contributed by atoms with Crippen LogP contribution < -0.4 is 5.73 Å². The number of benzene rings is 1. The molecule has 0 bridgehead atoms. The van der Waals surface area contributed by atoms with Crippen molar-refractivity contribution < 1.29 is 9.53 Å². The standard InChI is InChI=1S/C13H13BrN2O2.C2H6/c1-2-18-13(17)9-5-8-3-4-10(14)7-11(8)16-12(15)6-9;1-2/h3-5,7H,2,6H2,1H3,(H2,15,16);1-2H3. The first-order chi connectivity index (χ1) is 9.60. The Morgan fingerprint density at radius 1 is 1.45 bits per heavy atom. The van der Waals surface area contributed by atoms with Crippen LogP contribution in [0.4, 0.5) is 5.69 Å². The van der Waals surface area contributed by atoms with E-state index in [-0.39, 0.29) is 5.97 Å². The van der Waals surface area contributed by atoms with Crippen molar-refractivity contribution in [3.63, 3.8) is 0 Å². The Balaban J connectivity index is 0.000000956. The third kappa shape index (κ3) is 4.20. The number of nitrogens with zero attached hydrogens (tertiary/aromatic N) is 1. The van der Waals surface area contributed by atoms with Crippen LogP contribution in [0, 0.1) is 0 Å². The van der Waals surface area contributed by atoms with Crippen molar-refractivity contribution in [1.82, 2.24) is 0 Å². The van der Waals surface area contributed by atoms with E-state index in [1.807, 2.05) is 32.0 Å². The van der Waals surface area contributed by atoms with Gasteiger partial charge in [-0.1, -0.05) is 35.8 Å². The molecule has 0 aromatic heterocycles. The zero-order chi connectivity index (χ0) is 15.1. The number of nitrogens with two attached hydrogens (primary N) is 1. The molecule has 2 rings (SSSR count). The van der Waals surface area contributed by atoms with Crippen LogP contribution in [0.15, 0.2) is 33.2 Å². The number of aliphatic imine (C=N–C) groups is 1. The summed E-state index contributed by atoms with van der Waals surface area (Å²) in [4.78, 5) is 16.1. The molecule has 0 amide bonds. The van der Waals surface area contributed by atoms with Crippen LogP contribution in [0.1, 0.15) is 32.8 Å². The number of fused-ring (bicyclic) bond motifs is 1. The number of esters is 1. The lowest BCUT2D eigenvalue weighted by atomic mass is 10.1. The monoisotopic (exact) mass is 338 g/mol. The van der Waals surface area contributed by atoms with Gasteiger partial charge in [-0.2, -0.15) is 0 Å². The Morgan fingerprint density at radius 2 is 2.15 bits per heavy atom. The van der Waals surface area contributed by atoms with Gasteiger partial charge in [-0.05, 0) is 25.1 Å². The van der Waals surface area contributed by atoms with E-state index in [2.05, 4.69) is 20.9 Å². The van der Waals surface area contributed by atoms with E-state index < -0.39 is 0 Å². The maximum Gasteiger partial charge on any atom is 0.334 e. The first-order valence-electron chi connectivity index (χ1n) is 6.60. The number of hydrogen-bond donors (Lipinski definition) is 1. The summed E-state index contributed by atoms with van der Waals surface area (Å²) in [7, 11) is 0. The highest BCUT2D eigenvalue weighted by atomic mass is 79.9. The first-order valence-corrected chi connectivity index (χ1v) is 7.39. The van der Waals surface area contributed by atoms with Crippen molar-refractivity contribution in [3.8, 4) is 0 Å². The molecule has 0 fully saturated rings. The third-order valence-corrected chi connectivity index (χ3v) is 2.99. The minimum Gasteiger partial charge on any atom is -0.463 e. The molecular weight excluding hydrogens is 320 g/mol. The molecule has 0 unspecified atom stereocenters. The molecule has 4 nitrogen and oxygen atoms in total. The van der Waals surface area contributed by atoms with Crippen LogP contribution in [0.2, 0.25) is 0 Å². The van der Waals surface area contributed by atoms with Crippen LogP contribution in [0.25, 0.3) is 6.08 Å². The van der Waals surface area contributed by atoms with Crippen molar-refractivity contribution >= 4 is 39.5 Å². The Morgan fingerprint density at radius 3 is 2.80 bits per heavy atom. The van der Waals surface area contributed by atoms with Gasteiger partial charge < -0.3 is 10.5 Å². The summed E-state index contributed by atoms with van der Waals surface area (Å²) in [6, 6.07) is 5.66. The lowest BCUT2D eigenvalue weighted by Crippen LogP contribution is -2.16. The van der Waals surface area contributed by atoms with Crippen LogP contribution >= 0.6 is 15.9 Å². The van der Waals surface area contributed by atoms with Gasteiger partial charge in [-0.15, -0.1) is 0 Å². The average Bonchev–Trinajstić information content (AvgIpc) is 2.59. The second-order valence-corrected chi connectivity index (χ2v) is 4.79. The molecule has 1 aromatic carbocycles. The minimum atomic E-state index is -0.341. The highest BCUT2D eigenvalue weighted by Gasteiger charge is 2.16. The number of amidine groups is 1. The fourth-order valence-electron chi connectivity index (χ4n) is 1.72. The Labute approximate surface area is 127 Å². The fourth-order valence-corrected chi connectivity index (χ4v) is 2.07. The summed E-state index contributed by atoms with van der Waals surface area (Å²) in [6.07, 6.45) is 2.09. The van der Waals surface area contributed by atoms with E-state index in [1.54, 1.807) is 13.0 Å². The SMILES string of the molecule is CC.CCOC(=O)C1=Cc2ccc(Br)cc2N=C(N)C1. The summed E-state index contributed by atoms with van der Waals surface area (Å²) in [5.41, 5.74) is 7.95. The summed E-state index contributed by atoms with van der Waals surface area (Å²) >= 11 is 3.38. The molecule has 0 atom stereocenters. The van der Waals surface area contributed by atoms with Crippen molar-refractivity contribution in [2.45, 2.75) is 27.2 Å². The van der Waals surface area contributed by atoms with E-state index in [1.165, 1.54) is 0 Å². The highest BCUT2D eigenvalue weighted by Crippen LogP contribution is 2.29. The van der Waals surface area contributed by atoms with Gasteiger partial charge in [0.2, 0.25) is 0 Å². The first kappa shape index (κ1) is 16.4. The summed E-state index contributed by atoms with van der Waals surface area (Å²) in [5, 5.41) is 0. The smallest absolute Gasteiger partial charge is 0.334 e. The quantitative estimate of drug-likeness (QED) is 0.833. The molecule has 2 N–H and O–H groups in total. The summed E-state index contributed by atoms with van der Waals surface area (Å²) in [5.74, 6) is 0.0672. The van der Waals surface area contributed by atoms with Crippen molar-refractivity contribution in [2.24, 2.45) is 10.7 Å². The van der Waals surface area contributed by atoms with Gasteiger partial charge in [0.05, 0.1) is 12.3 Å². The van der Waals surface area contributed by atoms with Gasteiger partial charge in [0.25, 0.3) is 0 Å². The topological polar surface area (TPSA) is 64.7 Å². The molecule has 1 aliphatic heterocycles. The number of carbonyl (C=O) groups excluding carboxylic acids is 1. The molecule has 1 heterocycles. The van der Waals surface area contributed by atoms with Gasteiger partial charge in [-0.25, -0.2) is 9.79 Å². The van der Waals surface area contributed by atoms with Gasteiger partial charge in [0, 0.05) is 22.0 Å². The second-order valence-electron chi connectivity index (χ2n) is 3.87. The lowest BCUT2D eigenvalue weighted by molar-refractivity contribution is -0.138. The Hall–Kier alpha value is -1.62. The molecule has 108 valence electrons. The van der Waals surface area contributed by atoms with E-state index in [4.69, 9.17) is 10.5 Å². The number of rotatable bonds is 2. The third-order valence-electron chi connectivity index (χ3n) is 2.50. The fraction of sp³-hybridized carbons (Fsp3) is 0.333. The molecule has 0 aliphatic carbocycles. The molecule has 20 heavy (non-hydrogen) atoms. The van der Waals surface area contributed by atoms with E-state index >= 15 is 0 Å². The highest BCUT2D eigenvalue weighted by molar-refractivity contribution is 9.10. The number of carbonyl (C=O) groups is 1. The zero-order valence-electron chi connectivity index (χ0n) is 11.9.